The van der Waals surface area contributed by atoms with Gasteiger partial charge in [-0.25, -0.2) is 13.2 Å². The predicted octanol–water partition coefficient (Wildman–Crippen LogP) is 2.58. The van der Waals surface area contributed by atoms with E-state index in [1.165, 1.54) is 18.2 Å². The molecule has 8 heteroatoms. The Kier molecular flexibility index (Phi) is 3.23. The van der Waals surface area contributed by atoms with Crippen molar-refractivity contribution >= 4 is 38.4 Å². The fourth-order valence-corrected chi connectivity index (χ4v) is 3.19. The van der Waals surface area contributed by atoms with Crippen molar-refractivity contribution in [2.24, 2.45) is 0 Å². The first-order valence-electron chi connectivity index (χ1n) is 5.86. The normalized spacial score (nSPS) is 11.7. The molecule has 0 spiro atoms. The van der Waals surface area contributed by atoms with E-state index < -0.39 is 15.8 Å². The second-order valence-corrected chi connectivity index (χ2v) is 6.35. The fourth-order valence-electron chi connectivity index (χ4n) is 1.85. The molecule has 0 bridgehead atoms. The molecule has 2 N–H and O–H groups in total. The molecule has 0 aliphatic heterocycles. The third-order valence-corrected chi connectivity index (χ3v) is 4.51. The number of aromatic nitrogens is 1. The Hall–Kier alpha value is -2.25. The predicted molar refractivity (Wildman–Crippen MR) is 79.1 cm³/mol. The van der Waals surface area contributed by atoms with Gasteiger partial charge < -0.3 is 4.42 Å². The number of hydrogen-bond acceptors (Lipinski definition) is 4. The Balaban J connectivity index is 2.03. The number of sulfonamides is 1. The van der Waals surface area contributed by atoms with E-state index in [1.54, 1.807) is 24.3 Å². The summed E-state index contributed by atoms with van der Waals surface area (Å²) in [5, 5.41) is 0.291. The van der Waals surface area contributed by atoms with E-state index in [0.717, 1.165) is 0 Å². The molecule has 21 heavy (non-hydrogen) atoms. The number of benzene rings is 2. The Morgan fingerprint density at radius 2 is 1.90 bits per heavy atom. The van der Waals surface area contributed by atoms with Gasteiger partial charge >= 0.3 is 5.76 Å². The van der Waals surface area contributed by atoms with E-state index >= 15 is 0 Å². The average molecular weight is 325 g/mol. The summed E-state index contributed by atoms with van der Waals surface area (Å²) in [6.07, 6.45) is 0. The topological polar surface area (TPSA) is 92.2 Å². The van der Waals surface area contributed by atoms with E-state index in [-0.39, 0.29) is 16.2 Å². The molecule has 0 saturated carbocycles. The van der Waals surface area contributed by atoms with Gasteiger partial charge in [-0.3, -0.25) is 9.71 Å². The highest BCUT2D eigenvalue weighted by molar-refractivity contribution is 7.92. The van der Waals surface area contributed by atoms with Crippen LogP contribution in [0.15, 0.2) is 56.6 Å². The van der Waals surface area contributed by atoms with Crippen LogP contribution in [0.5, 0.6) is 0 Å². The lowest BCUT2D eigenvalue weighted by atomic mass is 10.3. The first-order chi connectivity index (χ1) is 9.95. The third-order valence-electron chi connectivity index (χ3n) is 2.82. The van der Waals surface area contributed by atoms with Crippen LogP contribution in [0.2, 0.25) is 5.02 Å². The average Bonchev–Trinajstić information content (AvgIpc) is 2.80. The molecule has 0 unspecified atom stereocenters. The van der Waals surface area contributed by atoms with Crippen LogP contribution in [0.25, 0.3) is 11.1 Å². The maximum atomic E-state index is 12.3. The van der Waals surface area contributed by atoms with Crippen LogP contribution in [-0.2, 0) is 10.0 Å². The molecule has 0 amide bonds. The Morgan fingerprint density at radius 3 is 2.67 bits per heavy atom. The SMILES string of the molecule is O=c1[nH]c2cc(S(=O)(=O)Nc3ccccc3Cl)ccc2o1. The van der Waals surface area contributed by atoms with Crippen molar-refractivity contribution in [1.29, 1.82) is 0 Å². The largest absolute Gasteiger partial charge is 0.417 e. The number of para-hydroxylation sites is 1. The van der Waals surface area contributed by atoms with Gasteiger partial charge in [0.25, 0.3) is 10.0 Å². The molecule has 1 heterocycles. The zero-order valence-electron chi connectivity index (χ0n) is 10.5. The van der Waals surface area contributed by atoms with E-state index in [9.17, 15) is 13.2 Å². The number of hydrogen-bond donors (Lipinski definition) is 2. The molecule has 0 atom stereocenters. The van der Waals surface area contributed by atoms with Crippen molar-refractivity contribution in [3.8, 4) is 0 Å². The van der Waals surface area contributed by atoms with E-state index in [2.05, 4.69) is 9.71 Å². The van der Waals surface area contributed by atoms with Crippen molar-refractivity contribution in [3.05, 3.63) is 58.0 Å². The molecule has 3 rings (SSSR count). The summed E-state index contributed by atoms with van der Waals surface area (Å²) in [6.45, 7) is 0. The van der Waals surface area contributed by atoms with Crippen LogP contribution in [0.4, 0.5) is 5.69 Å². The van der Waals surface area contributed by atoms with Gasteiger partial charge in [0, 0.05) is 0 Å². The molecule has 1 aromatic heterocycles. The Morgan fingerprint density at radius 1 is 1.14 bits per heavy atom. The Bertz CT molecular complexity index is 975. The number of nitrogens with one attached hydrogen (secondary N) is 2. The molecule has 0 radical (unpaired) electrons. The fraction of sp³-hybridized carbons (Fsp3) is 0. The lowest BCUT2D eigenvalue weighted by Crippen LogP contribution is -2.13. The number of aromatic amines is 1. The number of anilines is 1. The van der Waals surface area contributed by atoms with Crippen molar-refractivity contribution in [1.82, 2.24) is 4.98 Å². The zero-order chi connectivity index (χ0) is 15.0. The number of fused-ring (bicyclic) bond motifs is 1. The molecule has 3 aromatic rings. The van der Waals surface area contributed by atoms with Gasteiger partial charge in [0.15, 0.2) is 5.58 Å². The highest BCUT2D eigenvalue weighted by Gasteiger charge is 2.17. The summed E-state index contributed by atoms with van der Waals surface area (Å²) < 4.78 is 31.8. The quantitative estimate of drug-likeness (QED) is 0.774. The van der Waals surface area contributed by atoms with E-state index in [0.29, 0.717) is 10.5 Å². The van der Waals surface area contributed by atoms with Gasteiger partial charge in [-0.1, -0.05) is 23.7 Å². The molecule has 0 aliphatic carbocycles. The second-order valence-electron chi connectivity index (χ2n) is 4.26. The van der Waals surface area contributed by atoms with Crippen LogP contribution in [-0.4, -0.2) is 13.4 Å². The molecule has 0 saturated heterocycles. The van der Waals surface area contributed by atoms with Gasteiger partial charge in [0.2, 0.25) is 0 Å². The maximum absolute atomic E-state index is 12.3. The zero-order valence-corrected chi connectivity index (χ0v) is 12.0. The Labute approximate surface area is 124 Å². The van der Waals surface area contributed by atoms with Crippen LogP contribution in [0.1, 0.15) is 0 Å². The number of halogens is 1. The van der Waals surface area contributed by atoms with E-state index in [1.807, 2.05) is 0 Å². The van der Waals surface area contributed by atoms with Crippen molar-refractivity contribution in [3.63, 3.8) is 0 Å². The summed E-state index contributed by atoms with van der Waals surface area (Å²) in [6, 6.07) is 10.6. The smallest absolute Gasteiger partial charge is 0.408 e. The number of rotatable bonds is 3. The highest BCUT2D eigenvalue weighted by atomic mass is 35.5. The minimum absolute atomic E-state index is 0.00744. The van der Waals surface area contributed by atoms with Gasteiger partial charge in [-0.2, -0.15) is 0 Å². The molecule has 108 valence electrons. The van der Waals surface area contributed by atoms with Gasteiger partial charge in [0.1, 0.15) is 0 Å². The lowest BCUT2D eigenvalue weighted by molar-refractivity contribution is 0.555. The first kappa shape index (κ1) is 13.7. The monoisotopic (exact) mass is 324 g/mol. The molecule has 6 nitrogen and oxygen atoms in total. The minimum atomic E-state index is -3.82. The minimum Gasteiger partial charge on any atom is -0.408 e. The second kappa shape index (κ2) is 4.94. The highest BCUT2D eigenvalue weighted by Crippen LogP contribution is 2.25. The van der Waals surface area contributed by atoms with Gasteiger partial charge in [0.05, 0.1) is 21.1 Å². The lowest BCUT2D eigenvalue weighted by Gasteiger charge is -2.09. The van der Waals surface area contributed by atoms with E-state index in [4.69, 9.17) is 16.0 Å². The van der Waals surface area contributed by atoms with Crippen molar-refractivity contribution in [2.75, 3.05) is 4.72 Å². The standard InChI is InChI=1S/C13H9ClN2O4S/c14-9-3-1-2-4-10(9)16-21(18,19)8-5-6-12-11(7-8)15-13(17)20-12/h1-7,16H,(H,15,17). The van der Waals surface area contributed by atoms with Gasteiger partial charge in [-0.05, 0) is 30.3 Å². The number of oxazole rings is 1. The molecule has 0 fully saturated rings. The van der Waals surface area contributed by atoms with Gasteiger partial charge in [-0.15, -0.1) is 0 Å². The molecule has 0 aliphatic rings. The number of H-pyrrole nitrogens is 1. The summed E-state index contributed by atoms with van der Waals surface area (Å²) in [5.74, 6) is -0.640. The van der Waals surface area contributed by atoms with Crippen molar-refractivity contribution in [2.45, 2.75) is 4.90 Å². The summed E-state index contributed by atoms with van der Waals surface area (Å²) >= 11 is 5.93. The van der Waals surface area contributed by atoms with Crippen molar-refractivity contribution < 1.29 is 12.8 Å². The molecular formula is C13H9ClN2O4S. The summed E-state index contributed by atoms with van der Waals surface area (Å²) in [7, 11) is -3.82. The van der Waals surface area contributed by atoms with Crippen LogP contribution < -0.4 is 10.5 Å². The van der Waals surface area contributed by atoms with Crippen LogP contribution in [0.3, 0.4) is 0 Å². The summed E-state index contributed by atoms with van der Waals surface area (Å²) in [4.78, 5) is 13.5. The van der Waals surface area contributed by atoms with Crippen LogP contribution >= 0.6 is 11.6 Å². The third kappa shape index (κ3) is 2.65. The molecular weight excluding hydrogens is 316 g/mol. The van der Waals surface area contributed by atoms with Crippen LogP contribution in [0, 0.1) is 0 Å². The maximum Gasteiger partial charge on any atom is 0.417 e. The molecule has 2 aromatic carbocycles. The first-order valence-corrected chi connectivity index (χ1v) is 7.72. The summed E-state index contributed by atoms with van der Waals surface area (Å²) in [5.41, 5.74) is 0.874.